The average Bonchev–Trinajstić information content (AvgIpc) is 3.37. The number of fused-ring (bicyclic) bond motifs is 1. The Kier molecular flexibility index (Phi) is 4.50. The van der Waals surface area contributed by atoms with Gasteiger partial charge in [0.15, 0.2) is 0 Å². The van der Waals surface area contributed by atoms with Gasteiger partial charge in [0.1, 0.15) is 12.0 Å². The molecule has 0 radical (unpaired) electrons. The highest BCUT2D eigenvalue weighted by Crippen LogP contribution is 2.40. The Hall–Kier alpha value is -2.93. The molecule has 1 aliphatic heterocycles. The summed E-state index contributed by atoms with van der Waals surface area (Å²) in [7, 11) is 0. The van der Waals surface area contributed by atoms with E-state index in [1.165, 1.54) is 6.42 Å². The van der Waals surface area contributed by atoms with Crippen LogP contribution in [0.4, 0.5) is 0 Å². The predicted octanol–water partition coefficient (Wildman–Crippen LogP) is 5.32. The van der Waals surface area contributed by atoms with Crippen molar-refractivity contribution in [3.8, 4) is 22.3 Å². The van der Waals surface area contributed by atoms with Crippen molar-refractivity contribution < 1.29 is 9.26 Å². The molecule has 1 aliphatic rings. The van der Waals surface area contributed by atoms with Gasteiger partial charge >= 0.3 is 0 Å². The van der Waals surface area contributed by atoms with E-state index in [4.69, 9.17) is 14.4 Å². The van der Waals surface area contributed by atoms with Crippen LogP contribution in [-0.2, 0) is 4.74 Å². The molecule has 7 heteroatoms. The second kappa shape index (κ2) is 7.09. The number of hydrogen-bond acceptors (Lipinski definition) is 5. The van der Waals surface area contributed by atoms with Gasteiger partial charge in [-0.25, -0.2) is 4.68 Å². The summed E-state index contributed by atoms with van der Waals surface area (Å²) >= 11 is 0. The highest BCUT2D eigenvalue weighted by atomic mass is 16.5. The van der Waals surface area contributed by atoms with Gasteiger partial charge in [0.05, 0.1) is 22.6 Å². The minimum Gasteiger partial charge on any atom is -0.361 e. The van der Waals surface area contributed by atoms with E-state index in [0.717, 1.165) is 81.1 Å². The molecule has 156 valence electrons. The van der Waals surface area contributed by atoms with Crippen LogP contribution in [0, 0.1) is 34.6 Å². The van der Waals surface area contributed by atoms with E-state index in [-0.39, 0.29) is 6.23 Å². The van der Waals surface area contributed by atoms with Gasteiger partial charge in [0.25, 0.3) is 0 Å². The van der Waals surface area contributed by atoms with Crippen molar-refractivity contribution in [2.24, 2.45) is 0 Å². The molecule has 0 bridgehead atoms. The Morgan fingerprint density at radius 1 is 1.00 bits per heavy atom. The van der Waals surface area contributed by atoms with Crippen molar-refractivity contribution in [1.82, 2.24) is 25.1 Å². The van der Waals surface area contributed by atoms with E-state index in [9.17, 15) is 0 Å². The van der Waals surface area contributed by atoms with Crippen LogP contribution in [0.15, 0.2) is 16.7 Å². The number of nitrogens with one attached hydrogen (secondary N) is 1. The Balaban J connectivity index is 1.75. The van der Waals surface area contributed by atoms with Crippen LogP contribution >= 0.6 is 0 Å². The maximum absolute atomic E-state index is 6.02. The third-order valence-electron chi connectivity index (χ3n) is 6.19. The van der Waals surface area contributed by atoms with Gasteiger partial charge in [-0.1, -0.05) is 5.16 Å². The molecule has 1 fully saturated rings. The molecule has 1 aromatic carbocycles. The number of ether oxygens (including phenoxy) is 1. The standard InChI is InChI=1S/C23H27N5O2/c1-12-23-18(21-13(2)26-28(15(21)4)20-8-6-7-9-29-20)10-17(11-19(23)25-24-12)22-14(3)27-30-16(22)5/h10-11,20H,6-9H2,1-5H3,(H,24,25). The Labute approximate surface area is 175 Å². The third-order valence-corrected chi connectivity index (χ3v) is 6.19. The van der Waals surface area contributed by atoms with Gasteiger partial charge in [-0.3, -0.25) is 5.10 Å². The van der Waals surface area contributed by atoms with Crippen molar-refractivity contribution >= 4 is 10.9 Å². The molecule has 3 aromatic heterocycles. The van der Waals surface area contributed by atoms with Crippen LogP contribution < -0.4 is 0 Å². The Bertz CT molecular complexity index is 1220. The molecule has 0 spiro atoms. The first kappa shape index (κ1) is 19.1. The number of H-pyrrole nitrogens is 1. The van der Waals surface area contributed by atoms with Crippen molar-refractivity contribution in [2.75, 3.05) is 6.61 Å². The SMILES string of the molecule is Cc1noc(C)c1-c1cc(-c2c(C)nn(C3CCCCO3)c2C)c2c(C)n[nH]c2c1. The predicted molar refractivity (Wildman–Crippen MR) is 115 cm³/mol. The number of rotatable bonds is 3. The topological polar surface area (TPSA) is 81.8 Å². The smallest absolute Gasteiger partial charge is 0.150 e. The lowest BCUT2D eigenvalue weighted by atomic mass is 9.93. The van der Waals surface area contributed by atoms with E-state index < -0.39 is 0 Å². The zero-order chi connectivity index (χ0) is 21.0. The third kappa shape index (κ3) is 2.88. The molecule has 1 saturated heterocycles. The van der Waals surface area contributed by atoms with Gasteiger partial charge in [-0.2, -0.15) is 10.2 Å². The zero-order valence-corrected chi connectivity index (χ0v) is 18.2. The highest BCUT2D eigenvalue weighted by molar-refractivity contribution is 6.01. The Morgan fingerprint density at radius 2 is 1.83 bits per heavy atom. The maximum Gasteiger partial charge on any atom is 0.150 e. The monoisotopic (exact) mass is 405 g/mol. The number of aryl methyl sites for hydroxylation is 4. The van der Waals surface area contributed by atoms with Crippen LogP contribution in [0.1, 0.15) is 54.0 Å². The summed E-state index contributed by atoms with van der Waals surface area (Å²) in [5.41, 5.74) is 9.36. The van der Waals surface area contributed by atoms with Crippen molar-refractivity contribution in [3.63, 3.8) is 0 Å². The summed E-state index contributed by atoms with van der Waals surface area (Å²) in [4.78, 5) is 0. The van der Waals surface area contributed by atoms with Gasteiger partial charge in [0.2, 0.25) is 0 Å². The van der Waals surface area contributed by atoms with E-state index in [1.54, 1.807) is 0 Å². The number of benzene rings is 1. The van der Waals surface area contributed by atoms with Gasteiger partial charge < -0.3 is 9.26 Å². The van der Waals surface area contributed by atoms with Crippen LogP contribution in [-0.4, -0.2) is 31.7 Å². The quantitative estimate of drug-likeness (QED) is 0.499. The number of aromatic amines is 1. The summed E-state index contributed by atoms with van der Waals surface area (Å²) in [5, 5.41) is 17.8. The fourth-order valence-corrected chi connectivity index (χ4v) is 4.81. The van der Waals surface area contributed by atoms with Crippen molar-refractivity contribution in [2.45, 2.75) is 60.1 Å². The molecule has 1 atom stereocenters. The molecule has 4 heterocycles. The van der Waals surface area contributed by atoms with E-state index in [2.05, 4.69) is 46.0 Å². The molecule has 1 N–H and O–H groups in total. The first-order chi connectivity index (χ1) is 14.5. The van der Waals surface area contributed by atoms with Crippen molar-refractivity contribution in [1.29, 1.82) is 0 Å². The normalized spacial score (nSPS) is 17.2. The molecular weight excluding hydrogens is 378 g/mol. The summed E-state index contributed by atoms with van der Waals surface area (Å²) in [6.45, 7) is 11.0. The fraction of sp³-hybridized carbons (Fsp3) is 0.435. The van der Waals surface area contributed by atoms with Crippen LogP contribution in [0.2, 0.25) is 0 Å². The molecule has 4 aromatic rings. The fourth-order valence-electron chi connectivity index (χ4n) is 4.81. The average molecular weight is 406 g/mol. The summed E-state index contributed by atoms with van der Waals surface area (Å²) in [6.07, 6.45) is 3.31. The van der Waals surface area contributed by atoms with E-state index in [1.807, 2.05) is 20.8 Å². The number of hydrogen-bond donors (Lipinski definition) is 1. The van der Waals surface area contributed by atoms with E-state index >= 15 is 0 Å². The molecular formula is C23H27N5O2. The summed E-state index contributed by atoms with van der Waals surface area (Å²) in [6, 6.07) is 4.35. The first-order valence-electron chi connectivity index (χ1n) is 10.6. The molecule has 7 nitrogen and oxygen atoms in total. The summed E-state index contributed by atoms with van der Waals surface area (Å²) < 4.78 is 13.5. The molecule has 0 aliphatic carbocycles. The lowest BCUT2D eigenvalue weighted by molar-refractivity contribution is -0.0407. The second-order valence-electron chi connectivity index (χ2n) is 8.27. The molecule has 5 rings (SSSR count). The minimum absolute atomic E-state index is 0.0119. The molecule has 30 heavy (non-hydrogen) atoms. The minimum atomic E-state index is 0.0119. The number of nitrogens with zero attached hydrogens (tertiary/aromatic N) is 4. The van der Waals surface area contributed by atoms with E-state index in [0.29, 0.717) is 0 Å². The van der Waals surface area contributed by atoms with Gasteiger partial charge in [0, 0.05) is 28.8 Å². The largest absolute Gasteiger partial charge is 0.361 e. The second-order valence-corrected chi connectivity index (χ2v) is 8.27. The first-order valence-corrected chi connectivity index (χ1v) is 10.6. The van der Waals surface area contributed by atoms with Gasteiger partial charge in [-0.05, 0) is 77.1 Å². The summed E-state index contributed by atoms with van der Waals surface area (Å²) in [5.74, 6) is 0.814. The molecule has 0 amide bonds. The van der Waals surface area contributed by atoms with Crippen LogP contribution in [0.5, 0.6) is 0 Å². The molecule has 0 saturated carbocycles. The van der Waals surface area contributed by atoms with Crippen LogP contribution in [0.3, 0.4) is 0 Å². The molecule has 1 unspecified atom stereocenters. The zero-order valence-electron chi connectivity index (χ0n) is 18.2. The Morgan fingerprint density at radius 3 is 2.53 bits per heavy atom. The highest BCUT2D eigenvalue weighted by Gasteiger charge is 2.25. The number of aromatic nitrogens is 5. The van der Waals surface area contributed by atoms with Gasteiger partial charge in [-0.15, -0.1) is 0 Å². The van der Waals surface area contributed by atoms with Crippen LogP contribution in [0.25, 0.3) is 33.2 Å². The lowest BCUT2D eigenvalue weighted by Gasteiger charge is -2.24. The van der Waals surface area contributed by atoms with Crippen molar-refractivity contribution in [3.05, 3.63) is 40.7 Å². The lowest BCUT2D eigenvalue weighted by Crippen LogP contribution is -2.20. The maximum atomic E-state index is 6.02.